The van der Waals surface area contributed by atoms with Crippen molar-refractivity contribution in [3.05, 3.63) is 148 Å². The number of fused-ring (bicyclic) bond motifs is 1. The molecule has 64 heavy (non-hydrogen) atoms. The van der Waals surface area contributed by atoms with Crippen LogP contribution in [-0.4, -0.2) is 111 Å². The standard InChI is InChI=1S/C45H45ClN12O4S2/c46-34-12-10-31(11-13-34)39-9-5-4-6-32(39)26-55-20-22-57(23-21-55)36-14-16-40-42(24-36)47-30-48-45(40)52-64(61,62)38-15-17-41(43(25-38)58(59)60)49-35(29-63-37-7-2-1-3-8-37)18-19-56-27-33(28-56)44-50-53-54-51-44/h1-17,24-25,30,33,35,49H,18-23,26-29H2,(H,47,48,52)(H,50,51,53,54). The van der Waals surface area contributed by atoms with Gasteiger partial charge < -0.3 is 15.1 Å². The summed E-state index contributed by atoms with van der Waals surface area (Å²) in [6.45, 7) is 6.48. The molecule has 19 heteroatoms. The molecule has 0 radical (unpaired) electrons. The Morgan fingerprint density at radius 1 is 0.891 bits per heavy atom. The molecule has 0 bridgehead atoms. The highest BCUT2D eigenvalue weighted by Gasteiger charge is 2.32. The fraction of sp³-hybridized carbons (Fsp3) is 0.267. The first kappa shape index (κ1) is 43.1. The van der Waals surface area contributed by atoms with Crippen molar-refractivity contribution in [3.63, 3.8) is 0 Å². The zero-order chi connectivity index (χ0) is 44.0. The van der Waals surface area contributed by atoms with Crippen LogP contribution in [0.4, 0.5) is 22.9 Å². The van der Waals surface area contributed by atoms with E-state index in [0.717, 1.165) is 74.6 Å². The maximum absolute atomic E-state index is 13.9. The molecule has 16 nitrogen and oxygen atoms in total. The molecule has 328 valence electrons. The lowest BCUT2D eigenvalue weighted by molar-refractivity contribution is -0.384. The molecule has 0 amide bonds. The molecule has 1 atom stereocenters. The van der Waals surface area contributed by atoms with Crippen LogP contribution in [0.15, 0.2) is 131 Å². The number of sulfonamides is 1. The summed E-state index contributed by atoms with van der Waals surface area (Å²) in [5, 5.41) is 31.5. The number of rotatable bonds is 17. The minimum absolute atomic E-state index is 0.0798. The third-order valence-corrected chi connectivity index (χ3v) is 14.4. The molecule has 4 heterocycles. The molecule has 0 aliphatic carbocycles. The van der Waals surface area contributed by atoms with E-state index in [-0.39, 0.29) is 34.0 Å². The van der Waals surface area contributed by atoms with Crippen molar-refractivity contribution in [3.8, 4) is 11.1 Å². The highest BCUT2D eigenvalue weighted by atomic mass is 35.5. The number of likely N-dealkylation sites (tertiary alicyclic amines) is 1. The summed E-state index contributed by atoms with van der Waals surface area (Å²) in [6, 6.07) is 35.8. The third kappa shape index (κ3) is 10.1. The Kier molecular flexibility index (Phi) is 13.0. The first-order valence-corrected chi connectivity index (χ1v) is 23.8. The van der Waals surface area contributed by atoms with E-state index in [9.17, 15) is 18.5 Å². The zero-order valence-corrected chi connectivity index (χ0v) is 37.0. The normalized spacial score (nSPS) is 15.5. The van der Waals surface area contributed by atoms with Crippen LogP contribution in [0.1, 0.15) is 23.7 Å². The fourth-order valence-electron chi connectivity index (χ4n) is 8.16. The Morgan fingerprint density at radius 2 is 1.67 bits per heavy atom. The van der Waals surface area contributed by atoms with E-state index >= 15 is 0 Å². The van der Waals surface area contributed by atoms with Gasteiger partial charge in [0, 0.05) is 97.1 Å². The number of anilines is 3. The van der Waals surface area contributed by atoms with Crippen LogP contribution in [0.3, 0.4) is 0 Å². The van der Waals surface area contributed by atoms with E-state index < -0.39 is 14.9 Å². The number of tetrazole rings is 1. The van der Waals surface area contributed by atoms with Crippen molar-refractivity contribution in [1.29, 1.82) is 0 Å². The summed E-state index contributed by atoms with van der Waals surface area (Å²) < 4.78 is 30.3. The quantitative estimate of drug-likeness (QED) is 0.0461. The van der Waals surface area contributed by atoms with E-state index in [0.29, 0.717) is 33.9 Å². The molecule has 9 rings (SSSR count). The topological polar surface area (TPSA) is 191 Å². The number of piperazine rings is 1. The van der Waals surface area contributed by atoms with E-state index in [1.165, 1.54) is 29.6 Å². The molecule has 5 aromatic carbocycles. The van der Waals surface area contributed by atoms with Gasteiger partial charge in [0.05, 0.1) is 15.3 Å². The third-order valence-electron chi connectivity index (χ3n) is 11.7. The second kappa shape index (κ2) is 19.3. The Bertz CT molecular complexity index is 2830. The first-order chi connectivity index (χ1) is 31.1. The second-order valence-corrected chi connectivity index (χ2v) is 19.1. The first-order valence-electron chi connectivity index (χ1n) is 20.9. The minimum Gasteiger partial charge on any atom is -0.376 e. The summed E-state index contributed by atoms with van der Waals surface area (Å²) in [5.74, 6) is 1.61. The summed E-state index contributed by atoms with van der Waals surface area (Å²) in [6.07, 6.45) is 2.01. The number of nitro benzene ring substituents is 1. The van der Waals surface area contributed by atoms with Gasteiger partial charge in [0.1, 0.15) is 12.0 Å². The Hall–Kier alpha value is -6.18. The molecule has 2 aromatic heterocycles. The van der Waals surface area contributed by atoms with Gasteiger partial charge in [-0.1, -0.05) is 71.4 Å². The molecule has 0 saturated carbocycles. The molecule has 3 N–H and O–H groups in total. The largest absolute Gasteiger partial charge is 0.376 e. The predicted octanol–water partition coefficient (Wildman–Crippen LogP) is 7.56. The number of nitro groups is 1. The summed E-state index contributed by atoms with van der Waals surface area (Å²) >= 11 is 7.80. The SMILES string of the molecule is O=[N+]([O-])c1cc(S(=O)(=O)Nc2ncnc3cc(N4CCN(Cc5ccccc5-c5ccc(Cl)cc5)CC4)ccc23)ccc1NC(CCN1CC(c2nn[nH]n2)C1)CSc1ccccc1. The van der Waals surface area contributed by atoms with Crippen molar-refractivity contribution in [1.82, 2.24) is 40.4 Å². The van der Waals surface area contributed by atoms with Crippen LogP contribution in [-0.2, 0) is 16.6 Å². The molecule has 2 aliphatic heterocycles. The van der Waals surface area contributed by atoms with Crippen LogP contribution in [0.25, 0.3) is 22.0 Å². The van der Waals surface area contributed by atoms with Gasteiger partial charge in [-0.2, -0.15) is 5.21 Å². The molecule has 7 aromatic rings. The lowest BCUT2D eigenvalue weighted by atomic mass is 9.99. The number of hydrogen-bond donors (Lipinski definition) is 3. The Balaban J connectivity index is 0.855. The van der Waals surface area contributed by atoms with Crippen molar-refractivity contribution in [2.45, 2.75) is 34.7 Å². The number of nitrogens with zero attached hydrogens (tertiary/aromatic N) is 9. The number of thioether (sulfide) groups is 1. The Labute approximate surface area is 379 Å². The number of aromatic amines is 1. The number of aromatic nitrogens is 6. The van der Waals surface area contributed by atoms with Crippen LogP contribution in [0.2, 0.25) is 5.02 Å². The van der Waals surface area contributed by atoms with Crippen LogP contribution in [0.5, 0.6) is 0 Å². The molecule has 2 fully saturated rings. The molecule has 2 saturated heterocycles. The van der Waals surface area contributed by atoms with Gasteiger partial charge in [-0.15, -0.1) is 22.0 Å². The van der Waals surface area contributed by atoms with Gasteiger partial charge in [0.25, 0.3) is 15.7 Å². The highest BCUT2D eigenvalue weighted by Crippen LogP contribution is 2.33. The molecule has 2 aliphatic rings. The molecular weight excluding hydrogens is 872 g/mol. The maximum atomic E-state index is 13.9. The lowest BCUT2D eigenvalue weighted by Crippen LogP contribution is -2.47. The van der Waals surface area contributed by atoms with Gasteiger partial charge in [-0.3, -0.25) is 19.7 Å². The summed E-state index contributed by atoms with van der Waals surface area (Å²) in [7, 11) is -4.30. The van der Waals surface area contributed by atoms with Crippen molar-refractivity contribution < 1.29 is 13.3 Å². The van der Waals surface area contributed by atoms with E-state index in [2.05, 4.69) is 91.7 Å². The van der Waals surface area contributed by atoms with Crippen molar-refractivity contribution in [2.24, 2.45) is 0 Å². The number of nitrogens with one attached hydrogen (secondary N) is 3. The monoisotopic (exact) mass is 916 g/mol. The van der Waals surface area contributed by atoms with E-state index in [1.54, 1.807) is 11.8 Å². The number of hydrogen-bond acceptors (Lipinski definition) is 14. The van der Waals surface area contributed by atoms with E-state index in [4.69, 9.17) is 11.6 Å². The predicted molar refractivity (Wildman–Crippen MR) is 250 cm³/mol. The van der Waals surface area contributed by atoms with Crippen molar-refractivity contribution in [2.75, 3.05) is 66.5 Å². The van der Waals surface area contributed by atoms with Crippen LogP contribution >= 0.6 is 23.4 Å². The highest BCUT2D eigenvalue weighted by molar-refractivity contribution is 7.99. The van der Waals surface area contributed by atoms with Crippen LogP contribution < -0.4 is 14.9 Å². The second-order valence-electron chi connectivity index (χ2n) is 15.9. The average molecular weight is 918 g/mol. The number of H-pyrrole nitrogens is 1. The minimum atomic E-state index is -4.30. The summed E-state index contributed by atoms with van der Waals surface area (Å²) in [5.41, 5.74) is 5.01. The summed E-state index contributed by atoms with van der Waals surface area (Å²) in [4.78, 5) is 28.5. The van der Waals surface area contributed by atoms with Gasteiger partial charge in [0.2, 0.25) is 0 Å². The zero-order valence-electron chi connectivity index (χ0n) is 34.6. The van der Waals surface area contributed by atoms with Gasteiger partial charge in [-0.25, -0.2) is 18.4 Å². The van der Waals surface area contributed by atoms with Gasteiger partial charge in [-0.05, 0) is 77.7 Å². The number of halogens is 1. The molecule has 1 unspecified atom stereocenters. The number of benzene rings is 5. The smallest absolute Gasteiger partial charge is 0.293 e. The van der Waals surface area contributed by atoms with E-state index in [1.807, 2.05) is 60.7 Å². The van der Waals surface area contributed by atoms with Gasteiger partial charge in [0.15, 0.2) is 11.6 Å². The lowest BCUT2D eigenvalue weighted by Gasteiger charge is -2.38. The van der Waals surface area contributed by atoms with Crippen LogP contribution in [0, 0.1) is 10.1 Å². The van der Waals surface area contributed by atoms with Crippen molar-refractivity contribution >= 4 is 67.2 Å². The molecular formula is C45H45ClN12O4S2. The fourth-order valence-corrected chi connectivity index (χ4v) is 10.3. The molecule has 0 spiro atoms. The Morgan fingerprint density at radius 3 is 2.44 bits per heavy atom. The average Bonchev–Trinajstić information content (AvgIpc) is 3.83. The maximum Gasteiger partial charge on any atom is 0.293 e. The van der Waals surface area contributed by atoms with Gasteiger partial charge >= 0.3 is 0 Å².